The first kappa shape index (κ1) is 52.5. The molecule has 8 bridgehead atoms. The van der Waals surface area contributed by atoms with E-state index in [1.54, 1.807) is 0 Å². The molecule has 0 aromatic carbocycles. The Balaban J connectivity index is 0.00000741. The standard InChI is InChI=1S/C55H73N4O7.Mg/c1-12-37-33(7)40-26-42-35(9)39(20-22-47(61)65-25-23-32(6)17-14-16-31(5)18-15-24-55(29-60)46(66-55)21-19-30(3)4)51(58-42)49-50(54(63)64-11)53(62)48-36(10)43(59-52(48)49)28-45-38(13-2)34(8)41(57-45)27-44(37)56-40;/h12,23,26-28,30-31,35,39,46,50,54,60,63H,1,13-22,24-25,29H2,2-11H3,(H-,58,59,62);/q-3;+2/p-1/b32-23+,41-27-,42-26-,45-28-;/t31-,35-,39-,46-,50+,54?,55-;/m0./s1. The van der Waals surface area contributed by atoms with E-state index in [-0.39, 0.29) is 78.0 Å². The van der Waals surface area contributed by atoms with Crippen molar-refractivity contribution in [3.8, 4) is 0 Å². The van der Waals surface area contributed by atoms with Gasteiger partial charge in [-0.25, -0.2) is 0 Å². The smallest absolute Gasteiger partial charge is 0.664 e. The molecule has 0 saturated carbocycles. The third-order valence-electron chi connectivity index (χ3n) is 15.0. The van der Waals surface area contributed by atoms with Crippen LogP contribution in [0.3, 0.4) is 0 Å². The largest absolute Gasteiger partial charge is 2.00 e. The Morgan fingerprint density at radius 3 is 2.36 bits per heavy atom. The molecule has 11 nitrogen and oxygen atoms in total. The quantitative estimate of drug-likeness (QED) is 0.0350. The number of aliphatic hydroxyl groups is 2. The topological polar surface area (TPSA) is 162 Å². The number of allylic oxidation sites excluding steroid dienone is 3. The molecule has 3 aliphatic heterocycles. The molecule has 2 N–H and O–H groups in total. The molecule has 1 aliphatic carbocycles. The van der Waals surface area contributed by atoms with Crippen molar-refractivity contribution in [2.24, 2.45) is 29.6 Å². The Labute approximate surface area is 414 Å². The van der Waals surface area contributed by atoms with Crippen LogP contribution < -0.4 is 25.7 Å². The monoisotopic (exact) mass is 925 g/mol. The Hall–Kier alpha value is -3.91. The van der Waals surface area contributed by atoms with Crippen LogP contribution in [0.1, 0.15) is 167 Å². The molecule has 12 heteroatoms. The zero-order chi connectivity index (χ0) is 47.6. The molecule has 2 fully saturated rings. The molecule has 3 aromatic heterocycles. The van der Waals surface area contributed by atoms with Crippen molar-refractivity contribution in [1.29, 1.82) is 0 Å². The molecule has 0 radical (unpaired) electrons. The second-order valence-corrected chi connectivity index (χ2v) is 19.9. The Morgan fingerprint density at radius 1 is 0.955 bits per heavy atom. The maximum absolute atomic E-state index is 14.4. The first-order chi connectivity index (χ1) is 31.6. The van der Waals surface area contributed by atoms with E-state index in [9.17, 15) is 19.8 Å². The molecule has 2 saturated heterocycles. The molecule has 4 aliphatic rings. The minimum atomic E-state index is -1.43. The van der Waals surface area contributed by atoms with Crippen molar-refractivity contribution in [2.75, 3.05) is 20.3 Å². The fourth-order valence-electron chi connectivity index (χ4n) is 10.6. The normalized spacial score (nSPS) is 25.7. The van der Waals surface area contributed by atoms with Gasteiger partial charge in [-0.3, -0.25) is 9.59 Å². The number of aromatic nitrogens is 3. The number of ether oxygens (including phenoxy) is 3. The van der Waals surface area contributed by atoms with Crippen LogP contribution in [0.4, 0.5) is 0 Å². The van der Waals surface area contributed by atoms with Crippen molar-refractivity contribution in [2.45, 2.75) is 151 Å². The van der Waals surface area contributed by atoms with Crippen LogP contribution in [0.2, 0.25) is 0 Å². The summed E-state index contributed by atoms with van der Waals surface area (Å²) in [5.74, 6) is -0.853. The van der Waals surface area contributed by atoms with E-state index in [0.29, 0.717) is 52.0 Å². The number of nitrogens with zero attached hydrogens (tertiary/aromatic N) is 4. The van der Waals surface area contributed by atoms with E-state index in [4.69, 9.17) is 34.5 Å². The number of carbonyl (C=O) groups excluding carboxylic acids is 2. The van der Waals surface area contributed by atoms with Crippen molar-refractivity contribution < 1.29 is 34.0 Å². The third kappa shape index (κ3) is 10.9. The summed E-state index contributed by atoms with van der Waals surface area (Å²) in [5.41, 5.74) is 10.7. The fraction of sp³-hybridized carbons (Fsp3) is 0.564. The van der Waals surface area contributed by atoms with E-state index >= 15 is 0 Å². The Morgan fingerprint density at radius 2 is 1.67 bits per heavy atom. The van der Waals surface area contributed by atoms with Gasteiger partial charge in [0.1, 0.15) is 12.2 Å². The number of esters is 1. The van der Waals surface area contributed by atoms with Crippen LogP contribution >= 0.6 is 0 Å². The summed E-state index contributed by atoms with van der Waals surface area (Å²) in [5, 5.41) is 28.2. The Bertz CT molecular complexity index is 2540. The summed E-state index contributed by atoms with van der Waals surface area (Å²) >= 11 is 0. The van der Waals surface area contributed by atoms with Crippen LogP contribution in [-0.4, -0.2) is 83.3 Å². The van der Waals surface area contributed by atoms with Crippen LogP contribution in [0.15, 0.2) is 29.6 Å². The van der Waals surface area contributed by atoms with Crippen molar-refractivity contribution in [3.05, 3.63) is 102 Å². The molecule has 0 spiro atoms. The van der Waals surface area contributed by atoms with Crippen molar-refractivity contribution >= 4 is 64.7 Å². The number of hydrogen-bond donors (Lipinski definition) is 2. The fourth-order valence-corrected chi connectivity index (χ4v) is 10.6. The summed E-state index contributed by atoms with van der Waals surface area (Å²) in [7, 11) is 1.39. The predicted octanol–water partition coefficient (Wildman–Crippen LogP) is 8.26. The summed E-state index contributed by atoms with van der Waals surface area (Å²) < 4.78 is 17.2. The van der Waals surface area contributed by atoms with Gasteiger partial charge in [0, 0.05) is 19.1 Å². The number of aliphatic hydroxyl groups excluding tert-OH is 2. The van der Waals surface area contributed by atoms with Gasteiger partial charge in [0.25, 0.3) is 0 Å². The number of hydrogen-bond acceptors (Lipinski definition) is 7. The Kier molecular flexibility index (Phi) is 17.4. The van der Waals surface area contributed by atoms with E-state index in [0.717, 1.165) is 108 Å². The number of carbonyl (C=O) groups is 2. The first-order valence-corrected chi connectivity index (χ1v) is 24.4. The average Bonchev–Trinajstić information content (AvgIpc) is 3.53. The van der Waals surface area contributed by atoms with Crippen LogP contribution in [-0.2, 0) is 25.4 Å². The number of Topliss-reactive ketones (excluding diaryl/α,β-unsaturated/α-hetero) is 1. The first-order valence-electron chi connectivity index (χ1n) is 24.4. The molecule has 7 rings (SSSR count). The summed E-state index contributed by atoms with van der Waals surface area (Å²) in [6, 6.07) is 0. The summed E-state index contributed by atoms with van der Waals surface area (Å²) in [6.45, 7) is 23.5. The van der Waals surface area contributed by atoms with Crippen LogP contribution in [0.25, 0.3) is 35.2 Å². The van der Waals surface area contributed by atoms with Gasteiger partial charge in [-0.05, 0) is 108 Å². The zero-order valence-electron chi connectivity index (χ0n) is 41.8. The molecular formula is C55H72MgN4O7-2. The van der Waals surface area contributed by atoms with Gasteiger partial charge in [-0.2, -0.15) is 11.4 Å². The molecule has 7 atom stereocenters. The second-order valence-electron chi connectivity index (χ2n) is 19.9. The van der Waals surface area contributed by atoms with Gasteiger partial charge in [-0.1, -0.05) is 118 Å². The summed E-state index contributed by atoms with van der Waals surface area (Å²) in [4.78, 5) is 43.2. The predicted molar refractivity (Wildman–Crippen MR) is 266 cm³/mol. The van der Waals surface area contributed by atoms with Crippen LogP contribution in [0, 0.1) is 50.4 Å². The molecule has 67 heavy (non-hydrogen) atoms. The minimum Gasteiger partial charge on any atom is -0.664 e. The van der Waals surface area contributed by atoms with Crippen molar-refractivity contribution in [1.82, 2.24) is 15.0 Å². The minimum absolute atomic E-state index is 0. The molecular weight excluding hydrogens is 853 g/mol. The van der Waals surface area contributed by atoms with E-state index in [2.05, 4.69) is 55.0 Å². The molecule has 3 aromatic rings. The number of rotatable bonds is 21. The number of epoxide rings is 1. The molecule has 0 amide bonds. The molecule has 358 valence electrons. The SMILES string of the molecule is C=Cc1c2[n-]c(c1C)/C=C1\[N-]/C(=C3\c4[n-]c(c(C)c4C(=O)[C@@H]3C(O)OC)/C=c3\[n-]/c(c(C)c3CC)=C\2)[C@@H](CCC(=O)OC/C=C(\C)CCC[C@H](C)CCC[C@@]2(CO)O[C@H]2CCC(C)C)[C@@H]1C.[Mg+2]. The van der Waals surface area contributed by atoms with E-state index in [1.165, 1.54) is 12.7 Å². The van der Waals surface area contributed by atoms with Gasteiger partial charge in [0.05, 0.1) is 18.6 Å². The van der Waals surface area contributed by atoms with Crippen LogP contribution in [0.5, 0.6) is 0 Å². The van der Waals surface area contributed by atoms with Gasteiger partial charge in [-0.15, -0.1) is 33.5 Å². The van der Waals surface area contributed by atoms with E-state index < -0.39 is 12.2 Å². The maximum atomic E-state index is 14.4. The number of ketones is 1. The van der Waals surface area contributed by atoms with Gasteiger partial charge in [0.15, 0.2) is 12.1 Å². The number of methoxy groups -OCH3 is 1. The summed E-state index contributed by atoms with van der Waals surface area (Å²) in [6.07, 6.45) is 18.3. The van der Waals surface area contributed by atoms with Gasteiger partial charge >= 0.3 is 29.0 Å². The maximum Gasteiger partial charge on any atom is 2.00 e. The van der Waals surface area contributed by atoms with Gasteiger partial charge in [0.2, 0.25) is 0 Å². The van der Waals surface area contributed by atoms with E-state index in [1.807, 2.05) is 44.2 Å². The average molecular weight is 926 g/mol. The number of fused-ring (bicyclic) bond motifs is 7. The van der Waals surface area contributed by atoms with Crippen molar-refractivity contribution in [3.63, 3.8) is 0 Å². The third-order valence-corrected chi connectivity index (χ3v) is 15.0. The zero-order valence-corrected chi connectivity index (χ0v) is 43.2. The molecule has 1 unspecified atom stereocenters. The molecule has 6 heterocycles. The van der Waals surface area contributed by atoms with Gasteiger partial charge < -0.3 is 44.7 Å². The second kappa shape index (κ2) is 22.2.